The Bertz CT molecular complexity index is 806. The number of likely N-dealkylation sites (tertiary alicyclic amines) is 1. The van der Waals surface area contributed by atoms with Crippen molar-refractivity contribution in [2.24, 2.45) is 10.9 Å². The van der Waals surface area contributed by atoms with Crippen LogP contribution in [-0.4, -0.2) is 55.6 Å². The third-order valence-corrected chi connectivity index (χ3v) is 6.09. The van der Waals surface area contributed by atoms with E-state index in [0.29, 0.717) is 29.9 Å². The first-order valence-electron chi connectivity index (χ1n) is 10.2. The molecule has 164 valence electrons. The average Bonchev–Trinajstić information content (AvgIpc) is 3.39. The van der Waals surface area contributed by atoms with E-state index in [1.54, 1.807) is 7.05 Å². The van der Waals surface area contributed by atoms with Crippen molar-refractivity contribution >= 4 is 17.3 Å². The molecule has 30 heavy (non-hydrogen) atoms. The van der Waals surface area contributed by atoms with Crippen LogP contribution in [0.2, 0.25) is 0 Å². The van der Waals surface area contributed by atoms with Gasteiger partial charge >= 0.3 is 6.18 Å². The molecule has 1 saturated heterocycles. The van der Waals surface area contributed by atoms with Gasteiger partial charge in [0.15, 0.2) is 11.7 Å². The van der Waals surface area contributed by atoms with Gasteiger partial charge in [-0.1, -0.05) is 30.3 Å². The molecular weight excluding hydrogens is 411 g/mol. The number of halogens is 3. The predicted octanol–water partition coefficient (Wildman–Crippen LogP) is 3.43. The minimum Gasteiger partial charge on any atom is -0.356 e. The lowest BCUT2D eigenvalue weighted by atomic mass is 10.1. The molecule has 0 spiro atoms. The molecule has 1 unspecified atom stereocenters. The van der Waals surface area contributed by atoms with E-state index in [2.05, 4.69) is 49.8 Å². The topological polar surface area (TPSA) is 52.6 Å². The van der Waals surface area contributed by atoms with Crippen LogP contribution in [0.4, 0.5) is 13.2 Å². The summed E-state index contributed by atoms with van der Waals surface area (Å²) in [6, 6.07) is 10.5. The van der Waals surface area contributed by atoms with Gasteiger partial charge in [-0.15, -0.1) is 11.3 Å². The molecule has 9 heteroatoms. The second-order valence-electron chi connectivity index (χ2n) is 7.45. The molecule has 3 rings (SSSR count). The Morgan fingerprint density at radius 3 is 2.73 bits per heavy atom. The van der Waals surface area contributed by atoms with E-state index in [9.17, 15) is 13.2 Å². The minimum atomic E-state index is -4.38. The number of nitrogens with zero attached hydrogens (tertiary/aromatic N) is 3. The molecule has 1 atom stereocenters. The highest BCUT2D eigenvalue weighted by Gasteiger charge is 2.33. The van der Waals surface area contributed by atoms with E-state index in [0.717, 1.165) is 55.7 Å². The van der Waals surface area contributed by atoms with Gasteiger partial charge in [-0.25, -0.2) is 4.98 Å². The molecule has 2 aromatic rings. The van der Waals surface area contributed by atoms with Crippen LogP contribution in [-0.2, 0) is 19.0 Å². The van der Waals surface area contributed by atoms with Gasteiger partial charge in [0.1, 0.15) is 0 Å². The van der Waals surface area contributed by atoms with Crippen LogP contribution in [0.1, 0.15) is 22.7 Å². The summed E-state index contributed by atoms with van der Waals surface area (Å²) in [5.41, 5.74) is 0.550. The third kappa shape index (κ3) is 6.98. The number of aliphatic imine (C=N–C) groups is 1. The highest BCUT2D eigenvalue weighted by molar-refractivity contribution is 7.09. The van der Waals surface area contributed by atoms with Gasteiger partial charge in [0.05, 0.1) is 5.01 Å². The summed E-state index contributed by atoms with van der Waals surface area (Å²) >= 11 is 1.04. The van der Waals surface area contributed by atoms with Crippen LogP contribution in [0, 0.1) is 5.92 Å². The van der Waals surface area contributed by atoms with Crippen molar-refractivity contribution in [3.63, 3.8) is 0 Å². The van der Waals surface area contributed by atoms with Gasteiger partial charge in [-0.2, -0.15) is 13.2 Å². The molecule has 0 saturated carbocycles. The molecule has 5 nitrogen and oxygen atoms in total. The summed E-state index contributed by atoms with van der Waals surface area (Å²) < 4.78 is 37.8. The summed E-state index contributed by atoms with van der Waals surface area (Å²) in [6.07, 6.45) is -1.73. The zero-order valence-corrected chi connectivity index (χ0v) is 17.9. The zero-order valence-electron chi connectivity index (χ0n) is 17.1. The smallest absolute Gasteiger partial charge is 0.356 e. The Hall–Kier alpha value is -2.13. The van der Waals surface area contributed by atoms with Crippen molar-refractivity contribution < 1.29 is 13.2 Å². The van der Waals surface area contributed by atoms with E-state index >= 15 is 0 Å². The molecule has 0 bridgehead atoms. The first kappa shape index (κ1) is 22.6. The number of nitrogens with one attached hydrogen (secondary N) is 2. The number of benzene rings is 1. The van der Waals surface area contributed by atoms with Crippen molar-refractivity contribution in [1.82, 2.24) is 20.5 Å². The van der Waals surface area contributed by atoms with Gasteiger partial charge < -0.3 is 15.5 Å². The number of thiazole rings is 1. The van der Waals surface area contributed by atoms with Crippen LogP contribution in [0.25, 0.3) is 0 Å². The number of rotatable bonds is 8. The largest absolute Gasteiger partial charge is 0.434 e. The van der Waals surface area contributed by atoms with Crippen molar-refractivity contribution in [2.75, 3.05) is 39.8 Å². The molecule has 1 aromatic carbocycles. The Morgan fingerprint density at radius 2 is 2.03 bits per heavy atom. The fourth-order valence-corrected chi connectivity index (χ4v) is 4.32. The number of guanidine groups is 1. The van der Waals surface area contributed by atoms with E-state index in [-0.39, 0.29) is 0 Å². The van der Waals surface area contributed by atoms with E-state index in [1.807, 2.05) is 6.07 Å². The lowest BCUT2D eigenvalue weighted by Crippen LogP contribution is -2.41. The molecule has 2 N–H and O–H groups in total. The lowest BCUT2D eigenvalue weighted by molar-refractivity contribution is -0.140. The molecule has 1 fully saturated rings. The molecule has 1 aromatic heterocycles. The van der Waals surface area contributed by atoms with Gasteiger partial charge in [0.25, 0.3) is 0 Å². The minimum absolute atomic E-state index is 0.429. The van der Waals surface area contributed by atoms with Crippen LogP contribution in [0.15, 0.2) is 40.7 Å². The molecule has 2 heterocycles. The highest BCUT2D eigenvalue weighted by Crippen LogP contribution is 2.30. The van der Waals surface area contributed by atoms with Crippen molar-refractivity contribution in [1.29, 1.82) is 0 Å². The second-order valence-corrected chi connectivity index (χ2v) is 8.39. The number of hydrogen-bond acceptors (Lipinski definition) is 4. The maximum Gasteiger partial charge on any atom is 0.434 e. The molecule has 0 amide bonds. The van der Waals surface area contributed by atoms with Crippen molar-refractivity contribution in [3.05, 3.63) is 52.0 Å². The maximum atomic E-state index is 12.6. The number of hydrogen-bond donors (Lipinski definition) is 2. The third-order valence-electron chi connectivity index (χ3n) is 5.18. The molecule has 1 aliphatic rings. The van der Waals surface area contributed by atoms with E-state index in [1.165, 1.54) is 5.56 Å². The molecule has 1 aliphatic heterocycles. The Morgan fingerprint density at radius 1 is 1.23 bits per heavy atom. The van der Waals surface area contributed by atoms with Gasteiger partial charge in [-0.3, -0.25) is 4.99 Å². The van der Waals surface area contributed by atoms with Crippen LogP contribution in [0.3, 0.4) is 0 Å². The lowest BCUT2D eigenvalue weighted by Gasteiger charge is -2.17. The number of alkyl halides is 3. The summed E-state index contributed by atoms with van der Waals surface area (Å²) in [5, 5.41) is 8.02. The Kier molecular flexibility index (Phi) is 8.09. The number of aromatic nitrogens is 1. The maximum absolute atomic E-state index is 12.6. The van der Waals surface area contributed by atoms with Crippen molar-refractivity contribution in [3.8, 4) is 0 Å². The van der Waals surface area contributed by atoms with Crippen LogP contribution < -0.4 is 10.6 Å². The second kappa shape index (κ2) is 10.8. The first-order chi connectivity index (χ1) is 14.4. The van der Waals surface area contributed by atoms with Crippen molar-refractivity contribution in [2.45, 2.75) is 25.4 Å². The van der Waals surface area contributed by atoms with E-state index in [4.69, 9.17) is 0 Å². The average molecular weight is 440 g/mol. The summed E-state index contributed by atoms with van der Waals surface area (Å²) in [4.78, 5) is 10.3. The molecule has 0 radical (unpaired) electrons. The van der Waals surface area contributed by atoms with E-state index < -0.39 is 11.9 Å². The first-order valence-corrected chi connectivity index (χ1v) is 11.0. The summed E-state index contributed by atoms with van der Waals surface area (Å²) in [5.74, 6) is 1.23. The fourth-order valence-electron chi connectivity index (χ4n) is 3.52. The van der Waals surface area contributed by atoms with Gasteiger partial charge in [-0.05, 0) is 30.9 Å². The molecule has 0 aliphatic carbocycles. The zero-order chi connectivity index (χ0) is 21.4. The summed E-state index contributed by atoms with van der Waals surface area (Å²) in [7, 11) is 1.70. The highest BCUT2D eigenvalue weighted by atomic mass is 32.1. The summed E-state index contributed by atoms with van der Waals surface area (Å²) in [6.45, 7) is 4.56. The molecular formula is C21H28F3N5S. The SMILES string of the molecule is CN=C(NCCc1nc(C(F)(F)F)cs1)NCC1CCN(CCc2ccccc2)C1. The monoisotopic (exact) mass is 439 g/mol. The predicted molar refractivity (Wildman–Crippen MR) is 115 cm³/mol. The fraction of sp³-hybridized carbons (Fsp3) is 0.524. The van der Waals surface area contributed by atoms with Crippen LogP contribution >= 0.6 is 11.3 Å². The standard InChI is InChI=1S/C21H28F3N5S/c1-25-20(26-10-7-19-28-18(15-30-19)21(22,23)24)27-13-17-9-12-29(14-17)11-8-16-5-3-2-4-6-16/h2-6,15,17H,7-14H2,1H3,(H2,25,26,27). The van der Waals surface area contributed by atoms with Gasteiger partial charge in [0.2, 0.25) is 0 Å². The quantitative estimate of drug-likeness (QED) is 0.489. The normalized spacial score (nSPS) is 18.0. The Balaban J connectivity index is 1.33. The Labute approximate surface area is 179 Å². The van der Waals surface area contributed by atoms with Gasteiger partial charge in [0, 0.05) is 45.0 Å². The van der Waals surface area contributed by atoms with Crippen LogP contribution in [0.5, 0.6) is 0 Å².